The second-order valence-corrected chi connectivity index (χ2v) is 8.59. The largest absolute Gasteiger partial charge is 0.487 e. The predicted octanol–water partition coefficient (Wildman–Crippen LogP) is 5.00. The summed E-state index contributed by atoms with van der Waals surface area (Å²) in [6.45, 7) is 11.1. The molecule has 0 radical (unpaired) electrons. The van der Waals surface area contributed by atoms with E-state index in [4.69, 9.17) is 14.5 Å². The summed E-state index contributed by atoms with van der Waals surface area (Å²) in [6, 6.07) is 10.6. The summed E-state index contributed by atoms with van der Waals surface area (Å²) in [5.74, 6) is 2.38. The van der Waals surface area contributed by atoms with E-state index in [1.165, 1.54) is 5.56 Å². The van der Waals surface area contributed by atoms with Gasteiger partial charge in [-0.25, -0.2) is 9.67 Å². The van der Waals surface area contributed by atoms with E-state index < -0.39 is 0 Å². The van der Waals surface area contributed by atoms with Crippen molar-refractivity contribution in [2.75, 3.05) is 19.0 Å². The number of rotatable bonds is 8. The summed E-state index contributed by atoms with van der Waals surface area (Å²) in [5.41, 5.74) is 1.84. The molecule has 6 nitrogen and oxygen atoms in total. The van der Waals surface area contributed by atoms with Crippen LogP contribution in [0.25, 0.3) is 16.7 Å². The summed E-state index contributed by atoms with van der Waals surface area (Å²) in [6.07, 6.45) is 3.86. The van der Waals surface area contributed by atoms with Crippen LogP contribution in [0.3, 0.4) is 0 Å². The van der Waals surface area contributed by atoms with Gasteiger partial charge in [0.25, 0.3) is 0 Å². The lowest BCUT2D eigenvalue weighted by atomic mass is 10.1. The van der Waals surface area contributed by atoms with Crippen molar-refractivity contribution in [1.29, 1.82) is 0 Å². The SMILES string of the molecule is COCCCc1ccc2c(OC(C)(C)C)cc(-n3ccc(NC(C)C)n3)nc2c1. The topological polar surface area (TPSA) is 61.2 Å². The lowest BCUT2D eigenvalue weighted by Gasteiger charge is -2.23. The Hall–Kier alpha value is -2.60. The third kappa shape index (κ3) is 5.70. The molecule has 0 aliphatic rings. The normalized spacial score (nSPS) is 12.0. The Bertz CT molecular complexity index is 957. The summed E-state index contributed by atoms with van der Waals surface area (Å²) in [5, 5.41) is 8.95. The number of nitrogens with zero attached hydrogens (tertiary/aromatic N) is 3. The number of pyridine rings is 1. The molecule has 2 aromatic heterocycles. The van der Waals surface area contributed by atoms with Crippen molar-refractivity contribution < 1.29 is 9.47 Å². The van der Waals surface area contributed by atoms with Crippen LogP contribution in [-0.4, -0.2) is 40.1 Å². The maximum absolute atomic E-state index is 6.27. The Morgan fingerprint density at radius 3 is 2.62 bits per heavy atom. The summed E-state index contributed by atoms with van der Waals surface area (Å²) in [4.78, 5) is 4.88. The van der Waals surface area contributed by atoms with Crippen LogP contribution in [0.4, 0.5) is 5.82 Å². The van der Waals surface area contributed by atoms with Gasteiger partial charge in [-0.2, -0.15) is 0 Å². The molecular formula is C23H32N4O2. The fraction of sp³-hybridized carbons (Fsp3) is 0.478. The first-order valence-electron chi connectivity index (χ1n) is 10.2. The second-order valence-electron chi connectivity index (χ2n) is 8.59. The number of aromatic nitrogens is 3. The van der Waals surface area contributed by atoms with Crippen LogP contribution in [0.1, 0.15) is 46.6 Å². The van der Waals surface area contributed by atoms with Gasteiger partial charge >= 0.3 is 0 Å². The van der Waals surface area contributed by atoms with Crippen LogP contribution >= 0.6 is 0 Å². The predicted molar refractivity (Wildman–Crippen MR) is 118 cm³/mol. The van der Waals surface area contributed by atoms with Gasteiger partial charge in [-0.1, -0.05) is 6.07 Å². The standard InChI is InChI=1S/C23H32N4O2/c1-16(2)24-21-11-12-27(26-21)22-15-20(29-23(3,4)5)18-10-9-17(8-7-13-28-6)14-19(18)25-22/h9-12,14-16H,7-8,13H2,1-6H3,(H,24,26). The first-order chi connectivity index (χ1) is 13.7. The molecule has 0 aliphatic heterocycles. The molecule has 3 rings (SSSR count). The molecule has 6 heteroatoms. The molecule has 0 aliphatic carbocycles. The number of hydrogen-bond acceptors (Lipinski definition) is 5. The van der Waals surface area contributed by atoms with E-state index in [9.17, 15) is 0 Å². The highest BCUT2D eigenvalue weighted by Gasteiger charge is 2.17. The third-order valence-corrected chi connectivity index (χ3v) is 4.31. The number of benzene rings is 1. The Morgan fingerprint density at radius 2 is 1.93 bits per heavy atom. The van der Waals surface area contributed by atoms with Gasteiger partial charge in [0.05, 0.1) is 5.52 Å². The molecular weight excluding hydrogens is 364 g/mol. The smallest absolute Gasteiger partial charge is 0.157 e. The molecule has 1 aromatic carbocycles. The van der Waals surface area contributed by atoms with Crippen LogP contribution in [-0.2, 0) is 11.2 Å². The van der Waals surface area contributed by atoms with Crippen molar-refractivity contribution in [3.05, 3.63) is 42.1 Å². The minimum atomic E-state index is -0.308. The van der Waals surface area contributed by atoms with Crippen LogP contribution in [0.2, 0.25) is 0 Å². The molecule has 156 valence electrons. The van der Waals surface area contributed by atoms with E-state index in [1.807, 2.05) is 18.3 Å². The molecule has 0 unspecified atom stereocenters. The number of hydrogen-bond donors (Lipinski definition) is 1. The molecule has 0 atom stereocenters. The molecule has 0 bridgehead atoms. The van der Waals surface area contributed by atoms with Gasteiger partial charge in [0.2, 0.25) is 0 Å². The lowest BCUT2D eigenvalue weighted by Crippen LogP contribution is -2.23. The number of ether oxygens (including phenoxy) is 2. The first-order valence-corrected chi connectivity index (χ1v) is 10.2. The molecule has 0 fully saturated rings. The zero-order valence-corrected chi connectivity index (χ0v) is 18.3. The molecule has 0 spiro atoms. The Balaban J connectivity index is 2.03. The molecule has 2 heterocycles. The number of methoxy groups -OCH3 is 1. The summed E-state index contributed by atoms with van der Waals surface area (Å²) in [7, 11) is 1.73. The van der Waals surface area contributed by atoms with Crippen LogP contribution in [0, 0.1) is 0 Å². The quantitative estimate of drug-likeness (QED) is 0.543. The molecule has 0 saturated heterocycles. The fourth-order valence-electron chi connectivity index (χ4n) is 3.16. The maximum atomic E-state index is 6.27. The van der Waals surface area contributed by atoms with E-state index in [0.29, 0.717) is 6.04 Å². The average molecular weight is 397 g/mol. The van der Waals surface area contributed by atoms with Crippen molar-refractivity contribution >= 4 is 16.7 Å². The number of nitrogens with one attached hydrogen (secondary N) is 1. The Labute approximate surface area is 173 Å². The van der Waals surface area contributed by atoms with E-state index >= 15 is 0 Å². The van der Waals surface area contributed by atoms with Gasteiger partial charge in [-0.3, -0.25) is 0 Å². The maximum Gasteiger partial charge on any atom is 0.157 e. The van der Waals surface area contributed by atoms with Gasteiger partial charge in [-0.15, -0.1) is 5.10 Å². The van der Waals surface area contributed by atoms with E-state index in [2.05, 4.69) is 63.2 Å². The molecule has 1 N–H and O–H groups in total. The van der Waals surface area contributed by atoms with Crippen molar-refractivity contribution in [3.8, 4) is 11.6 Å². The number of fused-ring (bicyclic) bond motifs is 1. The minimum Gasteiger partial charge on any atom is -0.487 e. The Morgan fingerprint density at radius 1 is 1.14 bits per heavy atom. The zero-order chi connectivity index (χ0) is 21.0. The van der Waals surface area contributed by atoms with E-state index in [0.717, 1.165) is 47.7 Å². The Kier molecular flexibility index (Phi) is 6.42. The van der Waals surface area contributed by atoms with E-state index in [1.54, 1.807) is 11.8 Å². The second kappa shape index (κ2) is 8.82. The van der Waals surface area contributed by atoms with Gasteiger partial charge in [0.15, 0.2) is 5.82 Å². The van der Waals surface area contributed by atoms with Crippen molar-refractivity contribution in [1.82, 2.24) is 14.8 Å². The summed E-state index contributed by atoms with van der Waals surface area (Å²) < 4.78 is 13.2. The zero-order valence-electron chi connectivity index (χ0n) is 18.3. The highest BCUT2D eigenvalue weighted by Crippen LogP contribution is 2.31. The highest BCUT2D eigenvalue weighted by atomic mass is 16.5. The molecule has 29 heavy (non-hydrogen) atoms. The molecule has 3 aromatic rings. The highest BCUT2D eigenvalue weighted by molar-refractivity contribution is 5.86. The van der Waals surface area contributed by atoms with Gasteiger partial charge in [0, 0.05) is 43.5 Å². The van der Waals surface area contributed by atoms with Crippen LogP contribution in [0.15, 0.2) is 36.5 Å². The van der Waals surface area contributed by atoms with E-state index in [-0.39, 0.29) is 5.60 Å². The van der Waals surface area contributed by atoms with Gasteiger partial charge in [0.1, 0.15) is 17.2 Å². The molecule has 0 saturated carbocycles. The number of aryl methyl sites for hydroxylation is 1. The lowest BCUT2D eigenvalue weighted by molar-refractivity contribution is 0.133. The van der Waals surface area contributed by atoms with Crippen LogP contribution in [0.5, 0.6) is 5.75 Å². The monoisotopic (exact) mass is 396 g/mol. The number of anilines is 1. The minimum absolute atomic E-state index is 0.308. The van der Waals surface area contributed by atoms with Crippen LogP contribution < -0.4 is 10.1 Å². The van der Waals surface area contributed by atoms with Gasteiger partial charge < -0.3 is 14.8 Å². The fourth-order valence-corrected chi connectivity index (χ4v) is 3.16. The first kappa shape index (κ1) is 21.1. The van der Waals surface area contributed by atoms with Crippen molar-refractivity contribution in [3.63, 3.8) is 0 Å². The average Bonchev–Trinajstić information content (AvgIpc) is 3.08. The summed E-state index contributed by atoms with van der Waals surface area (Å²) >= 11 is 0. The third-order valence-electron chi connectivity index (χ3n) is 4.31. The van der Waals surface area contributed by atoms with Gasteiger partial charge in [-0.05, 0) is 65.2 Å². The van der Waals surface area contributed by atoms with Crippen molar-refractivity contribution in [2.45, 2.75) is 59.1 Å². The van der Waals surface area contributed by atoms with Crippen molar-refractivity contribution in [2.24, 2.45) is 0 Å². The molecule has 0 amide bonds.